The molecular weight excluding hydrogens is 370 g/mol. The number of benzene rings is 2. The van der Waals surface area contributed by atoms with Gasteiger partial charge in [0.25, 0.3) is 0 Å². The molecular formula is C27H37NO2. The molecule has 2 aromatic carbocycles. The van der Waals surface area contributed by atoms with Crippen LogP contribution in [0.3, 0.4) is 0 Å². The van der Waals surface area contributed by atoms with Crippen molar-refractivity contribution in [2.24, 2.45) is 11.8 Å². The summed E-state index contributed by atoms with van der Waals surface area (Å²) >= 11 is 0. The summed E-state index contributed by atoms with van der Waals surface area (Å²) in [6, 6.07) is 21.4. The third-order valence-electron chi connectivity index (χ3n) is 7.37. The first-order valence-electron chi connectivity index (χ1n) is 11.8. The van der Waals surface area contributed by atoms with E-state index >= 15 is 0 Å². The zero-order valence-corrected chi connectivity index (χ0v) is 18.3. The van der Waals surface area contributed by atoms with E-state index in [0.29, 0.717) is 24.7 Å². The van der Waals surface area contributed by atoms with Crippen LogP contribution in [-0.2, 0) is 17.8 Å². The first-order chi connectivity index (χ1) is 14.7. The zero-order chi connectivity index (χ0) is 20.8. The van der Waals surface area contributed by atoms with Crippen molar-refractivity contribution in [3.63, 3.8) is 0 Å². The quantitative estimate of drug-likeness (QED) is 0.634. The van der Waals surface area contributed by atoms with E-state index in [4.69, 9.17) is 4.74 Å². The summed E-state index contributed by atoms with van der Waals surface area (Å²) in [5, 5.41) is 10.9. The molecule has 0 radical (unpaired) electrons. The lowest BCUT2D eigenvalue weighted by molar-refractivity contribution is -0.0368. The third-order valence-corrected chi connectivity index (χ3v) is 7.37. The lowest BCUT2D eigenvalue weighted by Crippen LogP contribution is -2.45. The second-order valence-electron chi connectivity index (χ2n) is 9.29. The highest BCUT2D eigenvalue weighted by atomic mass is 16.5. The van der Waals surface area contributed by atoms with Crippen molar-refractivity contribution in [2.75, 3.05) is 6.54 Å². The van der Waals surface area contributed by atoms with E-state index in [0.717, 1.165) is 18.9 Å². The minimum Gasteiger partial charge on any atom is -0.378 e. The largest absolute Gasteiger partial charge is 0.378 e. The number of aliphatic hydroxyl groups is 1. The van der Waals surface area contributed by atoms with Crippen LogP contribution >= 0.6 is 0 Å². The fraction of sp³-hybridized carbons (Fsp3) is 0.556. The molecule has 2 unspecified atom stereocenters. The van der Waals surface area contributed by atoms with Crippen LogP contribution in [0.25, 0.3) is 0 Å². The predicted molar refractivity (Wildman–Crippen MR) is 122 cm³/mol. The van der Waals surface area contributed by atoms with Crippen molar-refractivity contribution in [3.05, 3.63) is 71.8 Å². The Morgan fingerprint density at radius 3 is 2.20 bits per heavy atom. The second kappa shape index (κ2) is 10.6. The molecule has 2 aliphatic rings. The van der Waals surface area contributed by atoms with Gasteiger partial charge in [0.05, 0.1) is 12.7 Å². The predicted octanol–water partition coefficient (Wildman–Crippen LogP) is 5.42. The smallest absolute Gasteiger partial charge is 0.111 e. The van der Waals surface area contributed by atoms with Gasteiger partial charge in [-0.25, -0.2) is 0 Å². The summed E-state index contributed by atoms with van der Waals surface area (Å²) in [5.41, 5.74) is 2.48. The van der Waals surface area contributed by atoms with Gasteiger partial charge in [0.1, 0.15) is 6.23 Å². The monoisotopic (exact) mass is 407 g/mol. The third kappa shape index (κ3) is 5.51. The van der Waals surface area contributed by atoms with Crippen LogP contribution in [0.1, 0.15) is 56.6 Å². The fourth-order valence-corrected chi connectivity index (χ4v) is 5.57. The van der Waals surface area contributed by atoms with Gasteiger partial charge in [-0.05, 0) is 68.4 Å². The van der Waals surface area contributed by atoms with E-state index in [1.54, 1.807) is 0 Å². The van der Waals surface area contributed by atoms with Crippen LogP contribution in [0.5, 0.6) is 0 Å². The Hall–Kier alpha value is -1.68. The molecule has 0 aromatic heterocycles. The summed E-state index contributed by atoms with van der Waals surface area (Å²) in [6.45, 7) is 4.00. The molecule has 0 bridgehead atoms. The number of ether oxygens (including phenoxy) is 1. The molecule has 1 heterocycles. The van der Waals surface area contributed by atoms with Gasteiger partial charge in [0.2, 0.25) is 0 Å². The number of likely N-dealkylation sites (tertiary alicyclic amines) is 1. The summed E-state index contributed by atoms with van der Waals surface area (Å²) in [5.74, 6) is 1.38. The fourth-order valence-electron chi connectivity index (χ4n) is 5.57. The molecule has 3 atom stereocenters. The standard InChI is InChI=1S/C27H37NO2/c1-21(30-20-23-11-6-3-7-12-23)24-14-16-25(17-15-24)26-13-8-18-28(26)27(29)19-22-9-4-2-5-10-22/h2-7,9-12,21,24-27,29H,8,13-20H2,1H3/t21?,24?,25?,26-,27?/m1/s1. The minimum atomic E-state index is -0.356. The van der Waals surface area contributed by atoms with Crippen LogP contribution < -0.4 is 0 Å². The SMILES string of the molecule is CC(OCc1ccccc1)C1CCC([C@H]2CCCN2C(O)Cc2ccccc2)CC1. The normalized spacial score (nSPS) is 27.1. The van der Waals surface area contributed by atoms with Crippen molar-refractivity contribution in [1.82, 2.24) is 4.90 Å². The minimum absolute atomic E-state index is 0.314. The first-order valence-corrected chi connectivity index (χ1v) is 11.8. The van der Waals surface area contributed by atoms with Gasteiger partial charge in [-0.1, -0.05) is 60.7 Å². The maximum Gasteiger partial charge on any atom is 0.111 e. The maximum absolute atomic E-state index is 10.9. The Morgan fingerprint density at radius 1 is 0.900 bits per heavy atom. The Kier molecular flexibility index (Phi) is 7.59. The van der Waals surface area contributed by atoms with E-state index in [9.17, 15) is 5.11 Å². The van der Waals surface area contributed by atoms with Crippen molar-refractivity contribution < 1.29 is 9.84 Å². The molecule has 2 aromatic rings. The van der Waals surface area contributed by atoms with Crippen molar-refractivity contribution in [3.8, 4) is 0 Å². The number of hydrogen-bond acceptors (Lipinski definition) is 3. The molecule has 4 rings (SSSR count). The van der Waals surface area contributed by atoms with Crippen LogP contribution in [0.4, 0.5) is 0 Å². The highest BCUT2D eigenvalue weighted by molar-refractivity contribution is 5.15. The van der Waals surface area contributed by atoms with Gasteiger partial charge >= 0.3 is 0 Å². The van der Waals surface area contributed by atoms with Gasteiger partial charge in [-0.3, -0.25) is 4.90 Å². The van der Waals surface area contributed by atoms with Gasteiger partial charge in [-0.15, -0.1) is 0 Å². The van der Waals surface area contributed by atoms with Gasteiger partial charge in [0, 0.05) is 19.0 Å². The van der Waals surface area contributed by atoms with Gasteiger partial charge in [0.15, 0.2) is 0 Å². The van der Waals surface area contributed by atoms with Gasteiger partial charge < -0.3 is 9.84 Å². The second-order valence-corrected chi connectivity index (χ2v) is 9.29. The molecule has 1 saturated heterocycles. The molecule has 0 spiro atoms. The molecule has 162 valence electrons. The molecule has 30 heavy (non-hydrogen) atoms. The molecule has 1 aliphatic heterocycles. The molecule has 3 heteroatoms. The number of rotatable bonds is 8. The van der Waals surface area contributed by atoms with E-state index in [-0.39, 0.29) is 6.23 Å². The molecule has 1 saturated carbocycles. The first kappa shape index (κ1) is 21.5. The number of hydrogen-bond donors (Lipinski definition) is 1. The molecule has 0 amide bonds. The van der Waals surface area contributed by atoms with E-state index in [1.165, 1.54) is 49.7 Å². The van der Waals surface area contributed by atoms with E-state index in [1.807, 2.05) is 6.07 Å². The maximum atomic E-state index is 10.9. The summed E-state index contributed by atoms with van der Waals surface area (Å²) in [7, 11) is 0. The van der Waals surface area contributed by atoms with Crippen LogP contribution in [0.15, 0.2) is 60.7 Å². The van der Waals surface area contributed by atoms with Crippen molar-refractivity contribution >= 4 is 0 Å². The van der Waals surface area contributed by atoms with Crippen molar-refractivity contribution in [2.45, 2.75) is 76.9 Å². The summed E-state index contributed by atoms with van der Waals surface area (Å²) in [6.07, 6.45) is 8.18. The Balaban J connectivity index is 1.25. The van der Waals surface area contributed by atoms with Crippen LogP contribution in [0.2, 0.25) is 0 Å². The summed E-state index contributed by atoms with van der Waals surface area (Å²) < 4.78 is 6.20. The van der Waals surface area contributed by atoms with Crippen LogP contribution in [-0.4, -0.2) is 34.9 Å². The lowest BCUT2D eigenvalue weighted by atomic mass is 9.76. The zero-order valence-electron chi connectivity index (χ0n) is 18.3. The number of nitrogens with zero attached hydrogens (tertiary/aromatic N) is 1. The Labute approximate surface area is 182 Å². The average molecular weight is 408 g/mol. The average Bonchev–Trinajstić information content (AvgIpc) is 3.29. The topological polar surface area (TPSA) is 32.7 Å². The van der Waals surface area contributed by atoms with E-state index in [2.05, 4.69) is 66.4 Å². The Morgan fingerprint density at radius 2 is 1.53 bits per heavy atom. The molecule has 1 N–H and O–H groups in total. The lowest BCUT2D eigenvalue weighted by Gasteiger charge is -2.39. The highest BCUT2D eigenvalue weighted by Crippen LogP contribution is 2.39. The highest BCUT2D eigenvalue weighted by Gasteiger charge is 2.37. The number of aliphatic hydroxyl groups excluding tert-OH is 1. The van der Waals surface area contributed by atoms with Crippen molar-refractivity contribution in [1.29, 1.82) is 0 Å². The Bertz CT molecular complexity index is 742. The molecule has 3 nitrogen and oxygen atoms in total. The van der Waals surface area contributed by atoms with Crippen LogP contribution in [0, 0.1) is 11.8 Å². The summed E-state index contributed by atoms with van der Waals surface area (Å²) in [4.78, 5) is 2.40. The van der Waals surface area contributed by atoms with Gasteiger partial charge in [-0.2, -0.15) is 0 Å². The molecule has 1 aliphatic carbocycles. The molecule has 2 fully saturated rings. The van der Waals surface area contributed by atoms with E-state index < -0.39 is 0 Å².